The summed E-state index contributed by atoms with van der Waals surface area (Å²) in [7, 11) is 3.88. The van der Waals surface area contributed by atoms with Gasteiger partial charge < -0.3 is 9.64 Å². The van der Waals surface area contributed by atoms with E-state index in [4.69, 9.17) is 4.74 Å². The van der Waals surface area contributed by atoms with Crippen LogP contribution in [0.5, 0.6) is 6.01 Å². The maximum Gasteiger partial charge on any atom is 0.422 e. The Hall–Kier alpha value is -4.67. The van der Waals surface area contributed by atoms with Crippen molar-refractivity contribution in [3.63, 3.8) is 0 Å². The number of hydrogen-bond acceptors (Lipinski definition) is 8. The summed E-state index contributed by atoms with van der Waals surface area (Å²) < 4.78 is 43.4. The minimum Gasteiger partial charge on any atom is -0.454 e. The van der Waals surface area contributed by atoms with Crippen LogP contribution in [0.2, 0.25) is 0 Å². The molecular weight excluding hydrogens is 483 g/mol. The number of para-hydroxylation sites is 2. The quantitative estimate of drug-likeness (QED) is 0.227. The highest BCUT2D eigenvalue weighted by Crippen LogP contribution is 2.33. The molecule has 0 atom stereocenters. The maximum atomic E-state index is 12.9. The number of nitrogens with zero attached hydrogens (tertiary/aromatic N) is 6. The van der Waals surface area contributed by atoms with Crippen molar-refractivity contribution in [3.8, 4) is 6.01 Å². The molecule has 0 aliphatic rings. The average molecular weight is 508 g/mol. The molecule has 0 aliphatic heterocycles. The molecule has 4 rings (SSSR count). The van der Waals surface area contributed by atoms with Gasteiger partial charge in [-0.15, -0.1) is 0 Å². The first-order valence-electron chi connectivity index (χ1n) is 11.2. The van der Waals surface area contributed by atoms with Crippen LogP contribution in [0.4, 0.5) is 42.1 Å². The Kier molecular flexibility index (Phi) is 7.82. The number of alkyl halides is 3. The van der Waals surface area contributed by atoms with Crippen molar-refractivity contribution in [1.82, 2.24) is 15.0 Å². The second kappa shape index (κ2) is 11.4. The summed E-state index contributed by atoms with van der Waals surface area (Å²) >= 11 is 0. The molecule has 11 heteroatoms. The summed E-state index contributed by atoms with van der Waals surface area (Å²) in [5, 5.41) is 4.14. The van der Waals surface area contributed by atoms with Crippen LogP contribution in [-0.4, -0.2) is 48.0 Å². The summed E-state index contributed by atoms with van der Waals surface area (Å²) in [6.07, 6.45) is -3.01. The molecule has 0 saturated heterocycles. The largest absolute Gasteiger partial charge is 0.454 e. The van der Waals surface area contributed by atoms with Crippen LogP contribution in [0.25, 0.3) is 0 Å². The second-order valence-corrected chi connectivity index (χ2v) is 8.01. The van der Waals surface area contributed by atoms with Gasteiger partial charge in [0.25, 0.3) is 5.95 Å². The van der Waals surface area contributed by atoms with Crippen LogP contribution >= 0.6 is 0 Å². The predicted octanol–water partition coefficient (Wildman–Crippen LogP) is 5.79. The van der Waals surface area contributed by atoms with E-state index in [2.05, 4.69) is 25.5 Å². The lowest BCUT2D eigenvalue weighted by Crippen LogP contribution is -2.21. The lowest BCUT2D eigenvalue weighted by Gasteiger charge is -2.23. The van der Waals surface area contributed by atoms with Crippen LogP contribution in [0, 0.1) is 0 Å². The number of halogens is 3. The molecule has 3 aromatic carbocycles. The van der Waals surface area contributed by atoms with Crippen molar-refractivity contribution in [3.05, 3.63) is 90.5 Å². The molecule has 0 unspecified atom stereocenters. The number of rotatable bonds is 9. The van der Waals surface area contributed by atoms with Gasteiger partial charge in [0.2, 0.25) is 5.95 Å². The topological polar surface area (TPSA) is 78.8 Å². The van der Waals surface area contributed by atoms with E-state index in [1.807, 2.05) is 104 Å². The lowest BCUT2D eigenvalue weighted by molar-refractivity contribution is -0.154. The second-order valence-electron chi connectivity index (χ2n) is 8.01. The van der Waals surface area contributed by atoms with Crippen LogP contribution in [0.3, 0.4) is 0 Å². The van der Waals surface area contributed by atoms with Crippen molar-refractivity contribution < 1.29 is 17.9 Å². The number of hydrazone groups is 1. The van der Waals surface area contributed by atoms with E-state index < -0.39 is 18.8 Å². The Labute approximate surface area is 212 Å². The van der Waals surface area contributed by atoms with E-state index in [-0.39, 0.29) is 11.9 Å². The van der Waals surface area contributed by atoms with E-state index in [1.165, 1.54) is 0 Å². The highest BCUT2D eigenvalue weighted by atomic mass is 19.4. The SMILES string of the molecule is CN(C)c1ccc(C=NNc2nc(OCC(F)(F)F)nc(N(c3ccccc3)c3ccccc3)n2)cc1. The van der Waals surface area contributed by atoms with E-state index in [0.717, 1.165) is 11.3 Å². The molecule has 37 heavy (non-hydrogen) atoms. The van der Waals surface area contributed by atoms with Crippen LogP contribution < -0.4 is 20.0 Å². The van der Waals surface area contributed by atoms with Crippen LogP contribution in [-0.2, 0) is 0 Å². The zero-order chi connectivity index (χ0) is 26.3. The first kappa shape index (κ1) is 25.4. The van der Waals surface area contributed by atoms with E-state index in [1.54, 1.807) is 11.1 Å². The highest BCUT2D eigenvalue weighted by molar-refractivity contribution is 5.81. The Balaban J connectivity index is 1.68. The van der Waals surface area contributed by atoms with Crippen molar-refractivity contribution >= 4 is 35.2 Å². The number of aromatic nitrogens is 3. The van der Waals surface area contributed by atoms with E-state index in [0.29, 0.717) is 11.4 Å². The fourth-order valence-corrected chi connectivity index (χ4v) is 3.26. The summed E-state index contributed by atoms with van der Waals surface area (Å²) in [6.45, 7) is -1.55. The Morgan fingerprint density at radius 2 is 1.41 bits per heavy atom. The minimum absolute atomic E-state index is 0.0533. The van der Waals surface area contributed by atoms with Gasteiger partial charge in [0, 0.05) is 31.2 Å². The Morgan fingerprint density at radius 1 is 0.811 bits per heavy atom. The van der Waals surface area contributed by atoms with Gasteiger partial charge in [0.1, 0.15) is 0 Å². The lowest BCUT2D eigenvalue weighted by atomic mass is 10.2. The van der Waals surface area contributed by atoms with E-state index in [9.17, 15) is 13.2 Å². The third-order valence-electron chi connectivity index (χ3n) is 4.98. The average Bonchev–Trinajstić information content (AvgIpc) is 2.89. The predicted molar refractivity (Wildman–Crippen MR) is 138 cm³/mol. The molecule has 1 N–H and O–H groups in total. The van der Waals surface area contributed by atoms with Gasteiger partial charge in [0.15, 0.2) is 6.61 Å². The van der Waals surface area contributed by atoms with Crippen molar-refractivity contribution in [2.75, 3.05) is 35.9 Å². The zero-order valence-corrected chi connectivity index (χ0v) is 20.1. The number of hydrogen-bond donors (Lipinski definition) is 1. The highest BCUT2D eigenvalue weighted by Gasteiger charge is 2.29. The summed E-state index contributed by atoms with van der Waals surface area (Å²) in [5.41, 5.74) is 5.89. The standard InChI is InChI=1S/C26H24F3N7O/c1-35(2)20-15-13-19(14-16-20)17-30-34-23-31-24(33-25(32-23)37-18-26(27,28)29)36(21-9-5-3-6-10-21)22-11-7-4-8-12-22/h3-17H,18H2,1-2H3,(H,31,32,33,34). The van der Waals surface area contributed by atoms with Gasteiger partial charge in [-0.25, -0.2) is 5.43 Å². The van der Waals surface area contributed by atoms with Gasteiger partial charge >= 0.3 is 12.2 Å². The fraction of sp³-hybridized carbons (Fsp3) is 0.154. The molecule has 0 bridgehead atoms. The van der Waals surface area contributed by atoms with Gasteiger partial charge in [-0.2, -0.15) is 33.2 Å². The summed E-state index contributed by atoms with van der Waals surface area (Å²) in [6, 6.07) is 25.5. The number of benzene rings is 3. The van der Waals surface area contributed by atoms with Crippen molar-refractivity contribution in [2.24, 2.45) is 5.10 Å². The number of anilines is 5. The van der Waals surface area contributed by atoms with Crippen molar-refractivity contribution in [2.45, 2.75) is 6.18 Å². The normalized spacial score (nSPS) is 11.4. The molecule has 0 amide bonds. The molecular formula is C26H24F3N7O. The molecule has 0 saturated carbocycles. The number of ether oxygens (including phenoxy) is 1. The molecule has 1 aromatic heterocycles. The monoisotopic (exact) mass is 507 g/mol. The third-order valence-corrected chi connectivity index (χ3v) is 4.98. The molecule has 4 aromatic rings. The maximum absolute atomic E-state index is 12.9. The third kappa shape index (κ3) is 7.17. The molecule has 0 fully saturated rings. The molecule has 0 radical (unpaired) electrons. The minimum atomic E-state index is -4.56. The van der Waals surface area contributed by atoms with Gasteiger partial charge in [-0.3, -0.25) is 4.90 Å². The first-order valence-corrected chi connectivity index (χ1v) is 11.2. The molecule has 1 heterocycles. The van der Waals surface area contributed by atoms with Gasteiger partial charge in [0.05, 0.1) is 6.21 Å². The summed E-state index contributed by atoms with van der Waals surface area (Å²) in [5.74, 6) is -0.0298. The van der Waals surface area contributed by atoms with Gasteiger partial charge in [-0.05, 0) is 42.0 Å². The number of nitrogens with one attached hydrogen (secondary N) is 1. The van der Waals surface area contributed by atoms with Gasteiger partial charge in [-0.1, -0.05) is 48.5 Å². The van der Waals surface area contributed by atoms with Crippen LogP contribution in [0.15, 0.2) is 90.0 Å². The Morgan fingerprint density at radius 3 is 1.95 bits per heavy atom. The first-order chi connectivity index (χ1) is 17.8. The smallest absolute Gasteiger partial charge is 0.422 e. The van der Waals surface area contributed by atoms with Crippen LogP contribution in [0.1, 0.15) is 5.56 Å². The van der Waals surface area contributed by atoms with Crippen molar-refractivity contribution in [1.29, 1.82) is 0 Å². The van der Waals surface area contributed by atoms with E-state index >= 15 is 0 Å². The molecule has 190 valence electrons. The molecule has 8 nitrogen and oxygen atoms in total. The zero-order valence-electron chi connectivity index (χ0n) is 20.1. The Bertz CT molecular complexity index is 1280. The molecule has 0 aliphatic carbocycles. The molecule has 0 spiro atoms. The fourth-order valence-electron chi connectivity index (χ4n) is 3.26. The summed E-state index contributed by atoms with van der Waals surface area (Å²) in [4.78, 5) is 16.2.